The van der Waals surface area contributed by atoms with E-state index in [-0.39, 0.29) is 0 Å². The number of hydrogen-bond acceptors (Lipinski definition) is 6. The zero-order valence-corrected chi connectivity index (χ0v) is 15.7. The third kappa shape index (κ3) is 3.99. The normalized spacial score (nSPS) is 13.0. The van der Waals surface area contributed by atoms with Crippen LogP contribution < -0.4 is 9.47 Å². The van der Waals surface area contributed by atoms with Gasteiger partial charge in [0, 0.05) is 10.2 Å². The lowest BCUT2D eigenvalue weighted by Gasteiger charge is -2.19. The van der Waals surface area contributed by atoms with Crippen LogP contribution in [0.25, 0.3) is 0 Å². The molecule has 2 aromatic carbocycles. The first-order valence-electron chi connectivity index (χ1n) is 7.85. The highest BCUT2D eigenvalue weighted by Gasteiger charge is 2.16. The maximum Gasteiger partial charge on any atom is 0.276 e. The molecule has 1 aliphatic rings. The highest BCUT2D eigenvalue weighted by atomic mass is 79.9. The van der Waals surface area contributed by atoms with Crippen molar-refractivity contribution in [3.63, 3.8) is 0 Å². The number of aromatic nitrogens is 2. The molecule has 4 rings (SSSR count). The first-order chi connectivity index (χ1) is 12.3. The van der Waals surface area contributed by atoms with E-state index in [2.05, 4.69) is 26.1 Å². The Morgan fingerprint density at radius 3 is 2.56 bits per heavy atom. The fourth-order valence-electron chi connectivity index (χ4n) is 2.49. The Morgan fingerprint density at radius 2 is 1.76 bits per heavy atom. The Hall–Kier alpha value is -1.99. The minimum Gasteiger partial charge on any atom is -0.486 e. The van der Waals surface area contributed by atoms with Crippen LogP contribution in [-0.4, -0.2) is 23.4 Å². The first-order valence-corrected chi connectivity index (χ1v) is 9.63. The highest BCUT2D eigenvalue weighted by Crippen LogP contribution is 2.37. The molecule has 2 heterocycles. The molecule has 25 heavy (non-hydrogen) atoms. The van der Waals surface area contributed by atoms with Crippen molar-refractivity contribution in [3.8, 4) is 11.5 Å². The Labute approximate surface area is 157 Å². The average Bonchev–Trinajstić information content (AvgIpc) is 3.08. The lowest BCUT2D eigenvalue weighted by molar-refractivity contribution is 0.171. The van der Waals surface area contributed by atoms with Crippen LogP contribution >= 0.6 is 27.7 Å². The molecule has 0 spiro atoms. The monoisotopic (exact) mass is 418 g/mol. The molecule has 0 saturated carbocycles. The van der Waals surface area contributed by atoms with Gasteiger partial charge in [0.15, 0.2) is 11.5 Å². The van der Waals surface area contributed by atoms with Gasteiger partial charge < -0.3 is 13.9 Å². The van der Waals surface area contributed by atoms with Gasteiger partial charge >= 0.3 is 0 Å². The van der Waals surface area contributed by atoms with Gasteiger partial charge in [-0.25, -0.2) is 0 Å². The van der Waals surface area contributed by atoms with E-state index in [0.29, 0.717) is 36.5 Å². The Balaban J connectivity index is 1.42. The minimum absolute atomic E-state index is 0.563. The van der Waals surface area contributed by atoms with Gasteiger partial charge in [0.05, 0.1) is 6.42 Å². The lowest BCUT2D eigenvalue weighted by atomic mass is 10.2. The molecule has 5 nitrogen and oxygen atoms in total. The van der Waals surface area contributed by atoms with Crippen LogP contribution in [-0.2, 0) is 12.2 Å². The van der Waals surface area contributed by atoms with E-state index in [0.717, 1.165) is 27.1 Å². The molecule has 7 heteroatoms. The number of nitrogens with zero attached hydrogens (tertiary/aromatic N) is 2. The summed E-state index contributed by atoms with van der Waals surface area (Å²) in [6.07, 6.45) is 0.641. The summed E-state index contributed by atoms with van der Waals surface area (Å²) in [4.78, 5) is 0. The maximum atomic E-state index is 5.73. The van der Waals surface area contributed by atoms with Gasteiger partial charge in [-0.1, -0.05) is 58.0 Å². The van der Waals surface area contributed by atoms with E-state index in [1.807, 2.05) is 42.5 Å². The van der Waals surface area contributed by atoms with E-state index in [1.165, 1.54) is 11.8 Å². The van der Waals surface area contributed by atoms with E-state index in [4.69, 9.17) is 13.9 Å². The van der Waals surface area contributed by atoms with Crippen molar-refractivity contribution in [2.75, 3.05) is 13.2 Å². The Kier molecular flexibility index (Phi) is 4.94. The molecule has 0 amide bonds. The maximum absolute atomic E-state index is 5.73. The molecule has 128 valence electrons. The van der Waals surface area contributed by atoms with Gasteiger partial charge in [-0.2, -0.15) is 0 Å². The summed E-state index contributed by atoms with van der Waals surface area (Å²) in [5, 5.41) is 8.80. The molecule has 1 aromatic heterocycles. The lowest BCUT2D eigenvalue weighted by Crippen LogP contribution is -2.15. The molecule has 0 saturated heterocycles. The van der Waals surface area contributed by atoms with Crippen LogP contribution in [0.5, 0.6) is 11.5 Å². The third-order valence-electron chi connectivity index (χ3n) is 3.71. The second-order valence-corrected chi connectivity index (χ2v) is 7.28. The topological polar surface area (TPSA) is 57.4 Å². The number of thioether (sulfide) groups is 1. The summed E-state index contributed by atoms with van der Waals surface area (Å²) < 4.78 is 17.9. The van der Waals surface area contributed by atoms with Crippen molar-refractivity contribution < 1.29 is 13.9 Å². The molecule has 0 N–H and O–H groups in total. The van der Waals surface area contributed by atoms with Gasteiger partial charge in [0.1, 0.15) is 13.2 Å². The molecule has 0 atom stereocenters. The van der Waals surface area contributed by atoms with E-state index in [9.17, 15) is 0 Å². The standard InChI is InChI=1S/C18H15BrN2O3S/c19-14-10-16-15(22-6-7-23-16)9-13(14)11-25-18-21-20-17(24-18)8-12-4-2-1-3-5-12/h1-5,9-10H,6-8,11H2. The SMILES string of the molecule is Brc1cc2c(cc1CSc1nnc(Cc3ccccc3)o1)OCCO2. The molecule has 0 bridgehead atoms. The Morgan fingerprint density at radius 1 is 1.00 bits per heavy atom. The quantitative estimate of drug-likeness (QED) is 0.569. The summed E-state index contributed by atoms with van der Waals surface area (Å²) in [6.45, 7) is 1.16. The van der Waals surface area contributed by atoms with Gasteiger partial charge in [0.2, 0.25) is 5.89 Å². The zero-order valence-electron chi connectivity index (χ0n) is 13.3. The number of rotatable bonds is 5. The molecule has 0 radical (unpaired) electrons. The summed E-state index contributed by atoms with van der Waals surface area (Å²) in [6, 6.07) is 14.0. The van der Waals surface area contributed by atoms with Crippen LogP contribution in [0.1, 0.15) is 17.0 Å². The number of fused-ring (bicyclic) bond motifs is 1. The third-order valence-corrected chi connectivity index (χ3v) is 5.31. The smallest absolute Gasteiger partial charge is 0.276 e. The molecule has 3 aromatic rings. The molecule has 0 aliphatic carbocycles. The highest BCUT2D eigenvalue weighted by molar-refractivity contribution is 9.10. The molecular formula is C18H15BrN2O3S. The second-order valence-electron chi connectivity index (χ2n) is 5.50. The van der Waals surface area contributed by atoms with Crippen LogP contribution in [0.3, 0.4) is 0 Å². The number of ether oxygens (including phenoxy) is 2. The average molecular weight is 419 g/mol. The second kappa shape index (κ2) is 7.49. The van der Waals surface area contributed by atoms with Gasteiger partial charge in [-0.05, 0) is 23.3 Å². The summed E-state index contributed by atoms with van der Waals surface area (Å²) >= 11 is 5.09. The van der Waals surface area contributed by atoms with Crippen LogP contribution in [0.15, 0.2) is 56.6 Å². The summed E-state index contributed by atoms with van der Waals surface area (Å²) in [7, 11) is 0. The summed E-state index contributed by atoms with van der Waals surface area (Å²) in [5.41, 5.74) is 2.24. The fraction of sp³-hybridized carbons (Fsp3) is 0.222. The summed E-state index contributed by atoms with van der Waals surface area (Å²) in [5.74, 6) is 2.87. The van der Waals surface area contributed by atoms with Crippen molar-refractivity contribution in [1.29, 1.82) is 0 Å². The first kappa shape index (κ1) is 16.5. The zero-order chi connectivity index (χ0) is 17.1. The predicted octanol–water partition coefficient (Wildman–Crippen LogP) is 4.49. The largest absolute Gasteiger partial charge is 0.486 e. The van der Waals surface area contributed by atoms with Crippen molar-refractivity contribution in [3.05, 3.63) is 64.0 Å². The Bertz CT molecular complexity index is 870. The van der Waals surface area contributed by atoms with Crippen LogP contribution in [0, 0.1) is 0 Å². The van der Waals surface area contributed by atoms with Crippen LogP contribution in [0.2, 0.25) is 0 Å². The van der Waals surface area contributed by atoms with Crippen molar-refractivity contribution in [1.82, 2.24) is 10.2 Å². The van der Waals surface area contributed by atoms with Gasteiger partial charge in [0.25, 0.3) is 5.22 Å². The number of benzene rings is 2. The minimum atomic E-state index is 0.563. The van der Waals surface area contributed by atoms with E-state index < -0.39 is 0 Å². The predicted molar refractivity (Wildman–Crippen MR) is 98.2 cm³/mol. The molecule has 0 fully saturated rings. The van der Waals surface area contributed by atoms with Crippen molar-refractivity contribution in [2.45, 2.75) is 17.4 Å². The van der Waals surface area contributed by atoms with E-state index >= 15 is 0 Å². The van der Waals surface area contributed by atoms with E-state index in [1.54, 1.807) is 0 Å². The fourth-order valence-corrected chi connectivity index (χ4v) is 3.91. The molecule has 1 aliphatic heterocycles. The molecular weight excluding hydrogens is 404 g/mol. The van der Waals surface area contributed by atoms with Gasteiger partial charge in [-0.3, -0.25) is 0 Å². The van der Waals surface area contributed by atoms with Crippen molar-refractivity contribution in [2.24, 2.45) is 0 Å². The number of halogens is 1. The van der Waals surface area contributed by atoms with Gasteiger partial charge in [-0.15, -0.1) is 10.2 Å². The molecule has 0 unspecified atom stereocenters. The van der Waals surface area contributed by atoms with Crippen LogP contribution in [0.4, 0.5) is 0 Å². The van der Waals surface area contributed by atoms with Crippen molar-refractivity contribution >= 4 is 27.7 Å². The number of hydrogen-bond donors (Lipinski definition) is 0.